The van der Waals surface area contributed by atoms with Gasteiger partial charge in [-0.25, -0.2) is 0 Å². The highest BCUT2D eigenvalue weighted by Gasteiger charge is 2.55. The van der Waals surface area contributed by atoms with Crippen LogP contribution in [0.3, 0.4) is 0 Å². The molecule has 3 rings (SSSR count). The van der Waals surface area contributed by atoms with Crippen molar-refractivity contribution < 1.29 is 19.0 Å². The van der Waals surface area contributed by atoms with Crippen LogP contribution >= 0.6 is 0 Å². The standard InChI is InChI=1S/C23H41NO4/c1-21(2,3)27-10-8-7-9-26-19-13-23(14-19)15-24(16-23)20(25)17-11-18(12-17)28-22(4,5)6/h17-19H,7-16H2,1-6H3. The van der Waals surface area contributed by atoms with Crippen molar-refractivity contribution in [3.05, 3.63) is 0 Å². The van der Waals surface area contributed by atoms with E-state index in [2.05, 4.69) is 46.4 Å². The van der Waals surface area contributed by atoms with Gasteiger partial charge in [-0.2, -0.15) is 0 Å². The average Bonchev–Trinajstić information content (AvgIpc) is 2.43. The van der Waals surface area contributed by atoms with Gasteiger partial charge in [-0.3, -0.25) is 4.79 Å². The molecule has 2 aliphatic carbocycles. The van der Waals surface area contributed by atoms with Gasteiger partial charge in [0, 0.05) is 37.6 Å². The molecule has 1 saturated heterocycles. The molecule has 0 aromatic heterocycles. The second kappa shape index (κ2) is 8.23. The summed E-state index contributed by atoms with van der Waals surface area (Å²) in [6.45, 7) is 16.0. The predicted molar refractivity (Wildman–Crippen MR) is 110 cm³/mol. The van der Waals surface area contributed by atoms with Crippen LogP contribution in [0.25, 0.3) is 0 Å². The van der Waals surface area contributed by atoms with E-state index < -0.39 is 0 Å². The molecule has 0 bridgehead atoms. The maximum atomic E-state index is 12.6. The zero-order valence-electron chi connectivity index (χ0n) is 18.9. The Hall–Kier alpha value is -0.650. The molecule has 1 aliphatic heterocycles. The SMILES string of the molecule is CC(C)(C)OCCCCOC1CC2(C1)CN(C(=O)C1CC(OC(C)(C)C)C1)C2. The Bertz CT molecular complexity index is 528. The van der Waals surface area contributed by atoms with Gasteiger partial charge in [-0.05, 0) is 80.1 Å². The Morgan fingerprint density at radius 3 is 2.11 bits per heavy atom. The Balaban J connectivity index is 1.22. The number of carbonyl (C=O) groups excluding carboxylic acids is 1. The number of ether oxygens (including phenoxy) is 3. The quantitative estimate of drug-likeness (QED) is 0.579. The van der Waals surface area contributed by atoms with E-state index in [0.29, 0.717) is 17.4 Å². The van der Waals surface area contributed by atoms with Gasteiger partial charge in [-0.1, -0.05) is 0 Å². The lowest BCUT2D eigenvalue weighted by atomic mass is 9.61. The van der Waals surface area contributed by atoms with E-state index in [4.69, 9.17) is 14.2 Å². The number of unbranched alkanes of at least 4 members (excludes halogenated alkanes) is 1. The number of carbonyl (C=O) groups is 1. The third kappa shape index (κ3) is 5.93. The van der Waals surface area contributed by atoms with Crippen LogP contribution in [0.1, 0.15) is 80.1 Å². The molecule has 1 amide bonds. The van der Waals surface area contributed by atoms with Crippen LogP contribution < -0.4 is 0 Å². The van der Waals surface area contributed by atoms with Gasteiger partial charge in [0.15, 0.2) is 0 Å². The number of nitrogens with zero attached hydrogens (tertiary/aromatic N) is 1. The molecule has 0 N–H and O–H groups in total. The first-order valence-corrected chi connectivity index (χ1v) is 11.2. The molecule has 1 heterocycles. The van der Waals surface area contributed by atoms with Crippen molar-refractivity contribution in [3.63, 3.8) is 0 Å². The van der Waals surface area contributed by atoms with Gasteiger partial charge in [0.25, 0.3) is 0 Å². The van der Waals surface area contributed by atoms with Gasteiger partial charge in [-0.15, -0.1) is 0 Å². The molecule has 0 unspecified atom stereocenters. The molecule has 0 aromatic carbocycles. The lowest BCUT2D eigenvalue weighted by Crippen LogP contribution is -2.66. The molecule has 28 heavy (non-hydrogen) atoms. The van der Waals surface area contributed by atoms with Crippen molar-refractivity contribution in [3.8, 4) is 0 Å². The topological polar surface area (TPSA) is 48.0 Å². The van der Waals surface area contributed by atoms with Crippen molar-refractivity contribution in [2.45, 2.75) is 103 Å². The minimum Gasteiger partial charge on any atom is -0.378 e. The third-order valence-corrected chi connectivity index (χ3v) is 6.08. The fourth-order valence-corrected chi connectivity index (χ4v) is 4.66. The Morgan fingerprint density at radius 2 is 1.54 bits per heavy atom. The molecule has 0 aromatic rings. The maximum Gasteiger partial charge on any atom is 0.225 e. The molecule has 3 aliphatic rings. The number of hydrogen-bond donors (Lipinski definition) is 0. The van der Waals surface area contributed by atoms with E-state index in [1.54, 1.807) is 0 Å². The second-order valence-electron chi connectivity index (χ2n) is 11.3. The highest BCUT2D eigenvalue weighted by Crippen LogP contribution is 2.50. The summed E-state index contributed by atoms with van der Waals surface area (Å²) in [5.74, 6) is 0.537. The highest BCUT2D eigenvalue weighted by molar-refractivity contribution is 5.81. The molecule has 1 spiro atoms. The van der Waals surface area contributed by atoms with Gasteiger partial charge in [0.05, 0.1) is 23.4 Å². The zero-order valence-corrected chi connectivity index (χ0v) is 18.9. The van der Waals surface area contributed by atoms with E-state index in [1.165, 1.54) is 0 Å². The monoisotopic (exact) mass is 395 g/mol. The van der Waals surface area contributed by atoms with Crippen LogP contribution in [0.4, 0.5) is 0 Å². The largest absolute Gasteiger partial charge is 0.378 e. The van der Waals surface area contributed by atoms with E-state index in [0.717, 1.165) is 64.8 Å². The molecule has 0 atom stereocenters. The van der Waals surface area contributed by atoms with Crippen molar-refractivity contribution in [1.82, 2.24) is 4.90 Å². The van der Waals surface area contributed by atoms with E-state index in [9.17, 15) is 4.79 Å². The van der Waals surface area contributed by atoms with E-state index in [1.807, 2.05) is 0 Å². The fraction of sp³-hybridized carbons (Fsp3) is 0.957. The smallest absolute Gasteiger partial charge is 0.225 e. The summed E-state index contributed by atoms with van der Waals surface area (Å²) in [6.07, 6.45) is 6.80. The number of amides is 1. The van der Waals surface area contributed by atoms with Gasteiger partial charge in [0.2, 0.25) is 5.91 Å². The third-order valence-electron chi connectivity index (χ3n) is 6.08. The summed E-state index contributed by atoms with van der Waals surface area (Å²) in [7, 11) is 0. The summed E-state index contributed by atoms with van der Waals surface area (Å²) >= 11 is 0. The van der Waals surface area contributed by atoms with Gasteiger partial charge in [0.1, 0.15) is 0 Å². The summed E-state index contributed by atoms with van der Waals surface area (Å²) in [4.78, 5) is 14.7. The van der Waals surface area contributed by atoms with Gasteiger partial charge < -0.3 is 19.1 Å². The Kier molecular flexibility index (Phi) is 6.48. The van der Waals surface area contributed by atoms with Crippen LogP contribution in [-0.4, -0.2) is 60.5 Å². The lowest BCUT2D eigenvalue weighted by molar-refractivity contribution is -0.183. The summed E-state index contributed by atoms with van der Waals surface area (Å²) in [5.41, 5.74) is 0.204. The first-order valence-electron chi connectivity index (χ1n) is 11.2. The van der Waals surface area contributed by atoms with Crippen molar-refractivity contribution in [2.24, 2.45) is 11.3 Å². The Labute approximate surface area is 171 Å². The number of rotatable bonds is 8. The minimum absolute atomic E-state index is 0.0469. The molecular formula is C23H41NO4. The number of hydrogen-bond acceptors (Lipinski definition) is 4. The maximum absolute atomic E-state index is 12.6. The van der Waals surface area contributed by atoms with Crippen LogP contribution in [0.15, 0.2) is 0 Å². The first-order chi connectivity index (χ1) is 12.9. The number of likely N-dealkylation sites (tertiary alicyclic amines) is 1. The van der Waals surface area contributed by atoms with Crippen LogP contribution in [0.5, 0.6) is 0 Å². The van der Waals surface area contributed by atoms with Crippen LogP contribution in [0, 0.1) is 11.3 Å². The molecular weight excluding hydrogens is 354 g/mol. The first kappa shape index (κ1) is 22.0. The van der Waals surface area contributed by atoms with Crippen LogP contribution in [-0.2, 0) is 19.0 Å². The van der Waals surface area contributed by atoms with E-state index in [-0.39, 0.29) is 23.2 Å². The second-order valence-corrected chi connectivity index (χ2v) is 11.3. The summed E-state index contributed by atoms with van der Waals surface area (Å²) in [6, 6.07) is 0. The van der Waals surface area contributed by atoms with Gasteiger partial charge >= 0.3 is 0 Å². The fourth-order valence-electron chi connectivity index (χ4n) is 4.66. The van der Waals surface area contributed by atoms with Crippen LogP contribution in [0.2, 0.25) is 0 Å². The molecule has 0 radical (unpaired) electrons. The van der Waals surface area contributed by atoms with Crippen molar-refractivity contribution in [1.29, 1.82) is 0 Å². The Morgan fingerprint density at radius 1 is 0.929 bits per heavy atom. The van der Waals surface area contributed by atoms with Crippen molar-refractivity contribution >= 4 is 5.91 Å². The molecule has 162 valence electrons. The predicted octanol–water partition coefficient (Wildman–Crippen LogP) is 4.18. The normalized spacial score (nSPS) is 27.3. The molecule has 3 fully saturated rings. The summed E-state index contributed by atoms with van der Waals surface area (Å²) < 4.78 is 17.7. The van der Waals surface area contributed by atoms with E-state index >= 15 is 0 Å². The molecule has 5 heteroatoms. The highest BCUT2D eigenvalue weighted by atomic mass is 16.5. The van der Waals surface area contributed by atoms with Crippen molar-refractivity contribution in [2.75, 3.05) is 26.3 Å². The lowest BCUT2D eigenvalue weighted by Gasteiger charge is -2.59. The zero-order chi connectivity index (χ0) is 20.6. The summed E-state index contributed by atoms with van der Waals surface area (Å²) in [5, 5.41) is 0. The molecule has 2 saturated carbocycles. The minimum atomic E-state index is -0.111. The average molecular weight is 396 g/mol. The molecule has 5 nitrogen and oxygen atoms in total.